The minimum atomic E-state index is -0.939. The number of fused-ring (bicyclic) bond motifs is 1. The summed E-state index contributed by atoms with van der Waals surface area (Å²) in [6.45, 7) is 6.28. The number of likely N-dealkylation sites (tertiary alicyclic amines) is 1. The van der Waals surface area contributed by atoms with Crippen molar-refractivity contribution in [3.05, 3.63) is 52.7 Å². The van der Waals surface area contributed by atoms with Crippen LogP contribution in [0.15, 0.2) is 24.3 Å². The zero-order valence-electron chi connectivity index (χ0n) is 19.0. The van der Waals surface area contributed by atoms with Crippen molar-refractivity contribution in [3.63, 3.8) is 0 Å². The van der Waals surface area contributed by atoms with Gasteiger partial charge in [-0.05, 0) is 57.7 Å². The van der Waals surface area contributed by atoms with E-state index in [4.69, 9.17) is 14.7 Å². The average molecular weight is 441 g/mol. The number of halogens is 1. The number of rotatable bonds is 5. The molecule has 4 rings (SSSR count). The number of benzene rings is 1. The highest BCUT2D eigenvalue weighted by atomic mass is 19.1. The Bertz CT molecular complexity index is 1060. The molecule has 7 nitrogen and oxygen atoms in total. The van der Waals surface area contributed by atoms with E-state index in [0.29, 0.717) is 36.6 Å². The van der Waals surface area contributed by atoms with Crippen molar-refractivity contribution in [1.29, 1.82) is 0 Å². The monoisotopic (exact) mass is 440 g/mol. The Morgan fingerprint density at radius 1 is 1.28 bits per heavy atom. The molecule has 0 saturated carbocycles. The number of carbonyl (C=O) groups excluding carboxylic acids is 2. The van der Waals surface area contributed by atoms with Gasteiger partial charge in [-0.2, -0.15) is 0 Å². The molecular weight excluding hydrogens is 411 g/mol. The van der Waals surface area contributed by atoms with E-state index in [1.54, 1.807) is 35.8 Å². The number of amides is 2. The van der Waals surface area contributed by atoms with Crippen LogP contribution in [0.1, 0.15) is 61.8 Å². The summed E-state index contributed by atoms with van der Waals surface area (Å²) in [7, 11) is 1.53. The minimum Gasteiger partial charge on any atom is -0.369 e. The maximum atomic E-state index is 13.7. The highest BCUT2D eigenvalue weighted by Gasteiger charge is 2.40. The van der Waals surface area contributed by atoms with Crippen molar-refractivity contribution < 1.29 is 18.7 Å². The predicted molar refractivity (Wildman–Crippen MR) is 117 cm³/mol. The molecule has 0 unspecified atom stereocenters. The summed E-state index contributed by atoms with van der Waals surface area (Å²) in [6.07, 6.45) is 2.54. The Balaban J connectivity index is 1.71. The first kappa shape index (κ1) is 22.3. The molecular formula is C24H29FN4O3. The summed E-state index contributed by atoms with van der Waals surface area (Å²) in [4.78, 5) is 38.9. The lowest BCUT2D eigenvalue weighted by atomic mass is 10.0. The molecule has 32 heavy (non-hydrogen) atoms. The summed E-state index contributed by atoms with van der Waals surface area (Å²) >= 11 is 0. The van der Waals surface area contributed by atoms with Gasteiger partial charge in [-0.15, -0.1) is 0 Å². The summed E-state index contributed by atoms with van der Waals surface area (Å²) in [5, 5.41) is 0. The summed E-state index contributed by atoms with van der Waals surface area (Å²) < 4.78 is 19.1. The van der Waals surface area contributed by atoms with Gasteiger partial charge >= 0.3 is 0 Å². The van der Waals surface area contributed by atoms with Crippen LogP contribution in [0.2, 0.25) is 0 Å². The Morgan fingerprint density at radius 3 is 2.78 bits per heavy atom. The molecule has 2 amide bonds. The van der Waals surface area contributed by atoms with E-state index in [1.807, 2.05) is 6.92 Å². The first-order chi connectivity index (χ1) is 15.2. The molecule has 2 aliphatic rings. The SMILES string of the molecule is COC(C)(C)C(=O)N1CCC[C@@H]1c1nc(C)c2c(n1)N(Cc1cccc(F)c1)C(=O)CC2. The van der Waals surface area contributed by atoms with E-state index in [-0.39, 0.29) is 30.2 Å². The van der Waals surface area contributed by atoms with E-state index in [1.165, 1.54) is 19.2 Å². The van der Waals surface area contributed by atoms with Crippen LogP contribution in [-0.4, -0.2) is 45.9 Å². The molecule has 0 aliphatic carbocycles. The Hall–Kier alpha value is -2.87. The average Bonchev–Trinajstić information content (AvgIpc) is 3.25. The van der Waals surface area contributed by atoms with E-state index < -0.39 is 5.60 Å². The van der Waals surface area contributed by atoms with E-state index >= 15 is 0 Å². The lowest BCUT2D eigenvalue weighted by Gasteiger charge is -2.33. The second-order valence-electron chi connectivity index (χ2n) is 8.95. The molecule has 0 bridgehead atoms. The van der Waals surface area contributed by atoms with Crippen LogP contribution >= 0.6 is 0 Å². The number of ether oxygens (including phenoxy) is 1. The van der Waals surface area contributed by atoms with Gasteiger partial charge in [-0.25, -0.2) is 14.4 Å². The smallest absolute Gasteiger partial charge is 0.254 e. The van der Waals surface area contributed by atoms with Gasteiger partial charge in [0.25, 0.3) is 5.91 Å². The van der Waals surface area contributed by atoms with Crippen LogP contribution in [0.4, 0.5) is 10.2 Å². The van der Waals surface area contributed by atoms with Gasteiger partial charge in [0.2, 0.25) is 5.91 Å². The third-order valence-electron chi connectivity index (χ3n) is 6.42. The third-order valence-corrected chi connectivity index (χ3v) is 6.42. The fourth-order valence-electron chi connectivity index (χ4n) is 4.44. The molecule has 3 heterocycles. The van der Waals surface area contributed by atoms with Gasteiger partial charge in [0, 0.05) is 31.3 Å². The van der Waals surface area contributed by atoms with Crippen LogP contribution in [0, 0.1) is 12.7 Å². The van der Waals surface area contributed by atoms with Gasteiger partial charge in [0.15, 0.2) is 5.82 Å². The molecule has 0 N–H and O–H groups in total. The lowest BCUT2D eigenvalue weighted by Crippen LogP contribution is -2.46. The van der Waals surface area contributed by atoms with Crippen molar-refractivity contribution in [1.82, 2.24) is 14.9 Å². The number of anilines is 1. The zero-order chi connectivity index (χ0) is 23.0. The molecule has 1 aromatic heterocycles. The molecule has 170 valence electrons. The maximum Gasteiger partial charge on any atom is 0.254 e. The van der Waals surface area contributed by atoms with Gasteiger partial charge in [-0.1, -0.05) is 12.1 Å². The van der Waals surface area contributed by atoms with Gasteiger partial charge in [-0.3, -0.25) is 14.5 Å². The first-order valence-corrected chi connectivity index (χ1v) is 11.0. The van der Waals surface area contributed by atoms with Crippen molar-refractivity contribution >= 4 is 17.6 Å². The van der Waals surface area contributed by atoms with Crippen LogP contribution in [0.5, 0.6) is 0 Å². The molecule has 1 aromatic carbocycles. The van der Waals surface area contributed by atoms with E-state index in [0.717, 1.165) is 24.1 Å². The van der Waals surface area contributed by atoms with Gasteiger partial charge in [0.1, 0.15) is 17.2 Å². The van der Waals surface area contributed by atoms with Crippen molar-refractivity contribution in [2.24, 2.45) is 0 Å². The minimum absolute atomic E-state index is 0.0503. The normalized spacial score (nSPS) is 18.8. The van der Waals surface area contributed by atoms with Crippen LogP contribution in [0.25, 0.3) is 0 Å². The van der Waals surface area contributed by atoms with Crippen LogP contribution in [-0.2, 0) is 27.3 Å². The highest BCUT2D eigenvalue weighted by molar-refractivity contribution is 5.95. The second-order valence-corrected chi connectivity index (χ2v) is 8.95. The van der Waals surface area contributed by atoms with Crippen molar-refractivity contribution in [3.8, 4) is 0 Å². The summed E-state index contributed by atoms with van der Waals surface area (Å²) in [5.41, 5.74) is 1.50. The van der Waals surface area contributed by atoms with Gasteiger partial charge in [0.05, 0.1) is 12.6 Å². The molecule has 0 spiro atoms. The molecule has 1 atom stereocenters. The van der Waals surface area contributed by atoms with Crippen molar-refractivity contribution in [2.75, 3.05) is 18.6 Å². The number of hydrogen-bond donors (Lipinski definition) is 0. The quantitative estimate of drug-likeness (QED) is 0.712. The second kappa shape index (κ2) is 8.58. The Labute approximate surface area is 187 Å². The topological polar surface area (TPSA) is 75.6 Å². The predicted octanol–water partition coefficient (Wildman–Crippen LogP) is 3.49. The Morgan fingerprint density at radius 2 is 2.06 bits per heavy atom. The number of methoxy groups -OCH3 is 1. The maximum absolute atomic E-state index is 13.7. The van der Waals surface area contributed by atoms with E-state index in [9.17, 15) is 14.0 Å². The number of carbonyl (C=O) groups is 2. The molecule has 0 radical (unpaired) electrons. The van der Waals surface area contributed by atoms with Crippen LogP contribution in [0.3, 0.4) is 0 Å². The summed E-state index contributed by atoms with van der Waals surface area (Å²) in [5.74, 6) is 0.615. The summed E-state index contributed by atoms with van der Waals surface area (Å²) in [6, 6.07) is 5.97. The Kier molecular flexibility index (Phi) is 5.99. The molecule has 8 heteroatoms. The highest BCUT2D eigenvalue weighted by Crippen LogP contribution is 2.36. The third kappa shape index (κ3) is 4.11. The van der Waals surface area contributed by atoms with Gasteiger partial charge < -0.3 is 9.64 Å². The fourth-order valence-corrected chi connectivity index (χ4v) is 4.44. The zero-order valence-corrected chi connectivity index (χ0v) is 19.0. The van der Waals surface area contributed by atoms with Crippen molar-refractivity contribution in [2.45, 2.75) is 64.6 Å². The van der Waals surface area contributed by atoms with Crippen LogP contribution < -0.4 is 4.90 Å². The number of hydrogen-bond acceptors (Lipinski definition) is 5. The number of aromatic nitrogens is 2. The van der Waals surface area contributed by atoms with E-state index in [2.05, 4.69) is 0 Å². The molecule has 1 saturated heterocycles. The molecule has 2 aliphatic heterocycles. The standard InChI is InChI=1S/C24H29FN4O3/c1-15-18-10-11-20(30)29(14-16-7-5-8-17(25)13-16)22(18)27-21(26-15)19-9-6-12-28(19)23(31)24(2,3)32-4/h5,7-8,13,19H,6,9-12,14H2,1-4H3/t19-/m1/s1. The lowest BCUT2D eigenvalue weighted by molar-refractivity contribution is -0.152. The molecule has 1 fully saturated rings. The largest absolute Gasteiger partial charge is 0.369 e. The molecule has 2 aromatic rings. The fraction of sp³-hybridized carbons (Fsp3) is 0.500. The number of aryl methyl sites for hydroxylation is 1. The number of nitrogens with zero attached hydrogens (tertiary/aromatic N) is 4. The first-order valence-electron chi connectivity index (χ1n) is 11.0.